The Morgan fingerprint density at radius 2 is 2.10 bits per heavy atom. The second-order valence-corrected chi connectivity index (χ2v) is 5.32. The molecule has 1 heterocycles. The van der Waals surface area contributed by atoms with Gasteiger partial charge in [0.2, 0.25) is 0 Å². The Hall–Kier alpha value is -2.01. The van der Waals surface area contributed by atoms with Crippen molar-refractivity contribution in [3.8, 4) is 11.4 Å². The van der Waals surface area contributed by atoms with E-state index in [9.17, 15) is 4.39 Å². The van der Waals surface area contributed by atoms with Crippen molar-refractivity contribution in [3.05, 3.63) is 42.0 Å². The van der Waals surface area contributed by atoms with Crippen LogP contribution in [0.2, 0.25) is 0 Å². The highest BCUT2D eigenvalue weighted by atomic mass is 19.1. The summed E-state index contributed by atoms with van der Waals surface area (Å²) in [6.07, 6.45) is 5.23. The SMILES string of the molecule is NCCNc1cnc(-c2ccccc2F)nc1C1CCC1. The molecule has 2 aromatic rings. The zero-order valence-electron chi connectivity index (χ0n) is 11.8. The number of nitrogens with two attached hydrogens (primary N) is 1. The number of halogens is 1. The molecule has 5 heteroatoms. The lowest BCUT2D eigenvalue weighted by atomic mass is 9.82. The zero-order chi connectivity index (χ0) is 14.7. The minimum absolute atomic E-state index is 0.292. The molecular weight excluding hydrogens is 267 g/mol. The second-order valence-electron chi connectivity index (χ2n) is 5.32. The average Bonchev–Trinajstić information content (AvgIpc) is 2.45. The van der Waals surface area contributed by atoms with E-state index in [0.717, 1.165) is 24.2 Å². The van der Waals surface area contributed by atoms with E-state index < -0.39 is 0 Å². The predicted molar refractivity (Wildman–Crippen MR) is 81.6 cm³/mol. The van der Waals surface area contributed by atoms with Crippen molar-refractivity contribution in [1.82, 2.24) is 9.97 Å². The van der Waals surface area contributed by atoms with Crippen molar-refractivity contribution >= 4 is 5.69 Å². The third kappa shape index (κ3) is 2.88. The first-order valence-corrected chi connectivity index (χ1v) is 7.35. The predicted octanol–water partition coefficient (Wildman–Crippen LogP) is 2.92. The van der Waals surface area contributed by atoms with Gasteiger partial charge in [-0.3, -0.25) is 0 Å². The fraction of sp³-hybridized carbons (Fsp3) is 0.375. The summed E-state index contributed by atoms with van der Waals surface area (Å²) in [7, 11) is 0. The molecule has 21 heavy (non-hydrogen) atoms. The number of hydrogen-bond donors (Lipinski definition) is 2. The molecule has 1 aromatic heterocycles. The van der Waals surface area contributed by atoms with Gasteiger partial charge in [-0.2, -0.15) is 0 Å². The molecule has 3 rings (SSSR count). The van der Waals surface area contributed by atoms with Crippen molar-refractivity contribution in [3.63, 3.8) is 0 Å². The summed E-state index contributed by atoms with van der Waals surface area (Å²) in [4.78, 5) is 8.93. The van der Waals surface area contributed by atoms with Gasteiger partial charge in [0.15, 0.2) is 5.82 Å². The van der Waals surface area contributed by atoms with E-state index in [1.165, 1.54) is 12.5 Å². The van der Waals surface area contributed by atoms with E-state index in [2.05, 4.69) is 15.3 Å². The number of benzene rings is 1. The zero-order valence-corrected chi connectivity index (χ0v) is 11.8. The largest absolute Gasteiger partial charge is 0.381 e. The molecule has 0 amide bonds. The van der Waals surface area contributed by atoms with Crippen LogP contribution in [0.1, 0.15) is 30.9 Å². The summed E-state index contributed by atoms with van der Waals surface area (Å²) in [6, 6.07) is 6.61. The Morgan fingerprint density at radius 1 is 1.29 bits per heavy atom. The van der Waals surface area contributed by atoms with Gasteiger partial charge in [0.1, 0.15) is 5.82 Å². The summed E-state index contributed by atoms with van der Waals surface area (Å²) in [6.45, 7) is 1.24. The Bertz CT molecular complexity index is 625. The Balaban J connectivity index is 1.98. The van der Waals surface area contributed by atoms with E-state index in [0.29, 0.717) is 30.4 Å². The van der Waals surface area contributed by atoms with Gasteiger partial charge in [0.25, 0.3) is 0 Å². The molecular formula is C16H19FN4. The molecule has 0 aliphatic heterocycles. The lowest BCUT2D eigenvalue weighted by Gasteiger charge is -2.27. The molecule has 0 radical (unpaired) electrons. The van der Waals surface area contributed by atoms with Crippen LogP contribution in [0.15, 0.2) is 30.5 Å². The van der Waals surface area contributed by atoms with Crippen LogP contribution in [-0.4, -0.2) is 23.1 Å². The van der Waals surface area contributed by atoms with Crippen LogP contribution in [0.3, 0.4) is 0 Å². The Morgan fingerprint density at radius 3 is 2.76 bits per heavy atom. The standard InChI is InChI=1S/C16H19FN4/c17-13-7-2-1-6-12(13)16-20-10-14(19-9-8-18)15(21-16)11-4-3-5-11/h1-2,6-7,10-11,19H,3-5,8-9,18H2. The van der Waals surface area contributed by atoms with Crippen LogP contribution in [0.25, 0.3) is 11.4 Å². The number of aromatic nitrogens is 2. The van der Waals surface area contributed by atoms with E-state index >= 15 is 0 Å². The van der Waals surface area contributed by atoms with Gasteiger partial charge < -0.3 is 11.1 Å². The van der Waals surface area contributed by atoms with Gasteiger partial charge in [-0.05, 0) is 25.0 Å². The van der Waals surface area contributed by atoms with Gasteiger partial charge >= 0.3 is 0 Å². The minimum atomic E-state index is -0.292. The van der Waals surface area contributed by atoms with Crippen molar-refractivity contribution in [2.24, 2.45) is 5.73 Å². The van der Waals surface area contributed by atoms with Crippen molar-refractivity contribution in [2.45, 2.75) is 25.2 Å². The molecule has 4 nitrogen and oxygen atoms in total. The van der Waals surface area contributed by atoms with E-state index in [4.69, 9.17) is 5.73 Å². The van der Waals surface area contributed by atoms with E-state index in [-0.39, 0.29) is 5.82 Å². The monoisotopic (exact) mass is 286 g/mol. The topological polar surface area (TPSA) is 63.8 Å². The lowest BCUT2D eigenvalue weighted by molar-refractivity contribution is 0.412. The molecule has 0 bridgehead atoms. The van der Waals surface area contributed by atoms with Crippen LogP contribution in [-0.2, 0) is 0 Å². The highest BCUT2D eigenvalue weighted by molar-refractivity contribution is 5.59. The van der Waals surface area contributed by atoms with Crippen LogP contribution in [0, 0.1) is 5.82 Å². The molecule has 0 unspecified atom stereocenters. The van der Waals surface area contributed by atoms with Crippen LogP contribution in [0.4, 0.5) is 10.1 Å². The maximum atomic E-state index is 13.9. The summed E-state index contributed by atoms with van der Waals surface area (Å²) in [5.74, 6) is 0.604. The maximum absolute atomic E-state index is 13.9. The van der Waals surface area contributed by atoms with Gasteiger partial charge in [0, 0.05) is 19.0 Å². The van der Waals surface area contributed by atoms with Crippen molar-refractivity contribution in [1.29, 1.82) is 0 Å². The molecule has 1 fully saturated rings. The summed E-state index contributed by atoms with van der Waals surface area (Å²) in [5.41, 5.74) is 7.89. The first-order valence-electron chi connectivity index (χ1n) is 7.35. The summed E-state index contributed by atoms with van der Waals surface area (Å²) >= 11 is 0. The molecule has 1 aliphatic rings. The average molecular weight is 286 g/mol. The van der Waals surface area contributed by atoms with Crippen molar-refractivity contribution < 1.29 is 4.39 Å². The van der Waals surface area contributed by atoms with Crippen LogP contribution >= 0.6 is 0 Å². The smallest absolute Gasteiger partial charge is 0.162 e. The van der Waals surface area contributed by atoms with E-state index in [1.807, 2.05) is 0 Å². The number of hydrogen-bond acceptors (Lipinski definition) is 4. The molecule has 1 saturated carbocycles. The number of nitrogens with zero attached hydrogens (tertiary/aromatic N) is 2. The van der Waals surface area contributed by atoms with E-state index in [1.54, 1.807) is 24.4 Å². The quantitative estimate of drug-likeness (QED) is 0.887. The molecule has 0 saturated heterocycles. The lowest BCUT2D eigenvalue weighted by Crippen LogP contribution is -2.18. The van der Waals surface area contributed by atoms with Gasteiger partial charge in [-0.1, -0.05) is 18.6 Å². The minimum Gasteiger partial charge on any atom is -0.381 e. The van der Waals surface area contributed by atoms with Crippen LogP contribution in [0.5, 0.6) is 0 Å². The molecule has 110 valence electrons. The Kier molecular flexibility index (Phi) is 4.10. The molecule has 1 aromatic carbocycles. The number of nitrogens with one attached hydrogen (secondary N) is 1. The first-order chi connectivity index (χ1) is 10.3. The summed E-state index contributed by atoms with van der Waals surface area (Å²) < 4.78 is 13.9. The van der Waals surface area contributed by atoms with Gasteiger partial charge in [-0.25, -0.2) is 14.4 Å². The molecule has 0 spiro atoms. The van der Waals surface area contributed by atoms with Crippen LogP contribution < -0.4 is 11.1 Å². The Labute approximate surface area is 123 Å². The molecule has 3 N–H and O–H groups in total. The fourth-order valence-corrected chi connectivity index (χ4v) is 2.50. The van der Waals surface area contributed by atoms with Gasteiger partial charge in [-0.15, -0.1) is 0 Å². The highest BCUT2D eigenvalue weighted by Crippen LogP contribution is 2.39. The highest BCUT2D eigenvalue weighted by Gasteiger charge is 2.25. The number of rotatable bonds is 5. The molecule has 1 aliphatic carbocycles. The second kappa shape index (κ2) is 6.18. The van der Waals surface area contributed by atoms with Gasteiger partial charge in [0.05, 0.1) is 23.1 Å². The summed E-state index contributed by atoms with van der Waals surface area (Å²) in [5, 5.41) is 3.26. The third-order valence-corrected chi connectivity index (χ3v) is 3.88. The number of anilines is 1. The first kappa shape index (κ1) is 13.9. The fourth-order valence-electron chi connectivity index (χ4n) is 2.50. The van der Waals surface area contributed by atoms with Crippen molar-refractivity contribution in [2.75, 3.05) is 18.4 Å². The normalized spacial score (nSPS) is 14.8. The maximum Gasteiger partial charge on any atom is 0.162 e. The third-order valence-electron chi connectivity index (χ3n) is 3.88. The molecule has 0 atom stereocenters.